The van der Waals surface area contributed by atoms with E-state index >= 15 is 0 Å². The number of esters is 1. The van der Waals surface area contributed by atoms with Gasteiger partial charge in [-0.05, 0) is 51.5 Å². The summed E-state index contributed by atoms with van der Waals surface area (Å²) in [7, 11) is 0. The summed E-state index contributed by atoms with van der Waals surface area (Å²) in [5.74, 6) is -0.161. The van der Waals surface area contributed by atoms with Crippen LogP contribution in [0.3, 0.4) is 0 Å². The minimum atomic E-state index is -0.161. The van der Waals surface area contributed by atoms with Crippen molar-refractivity contribution in [1.29, 1.82) is 0 Å². The molecule has 0 fully saturated rings. The van der Waals surface area contributed by atoms with Crippen LogP contribution < -0.4 is 9.47 Å². The van der Waals surface area contributed by atoms with Gasteiger partial charge in [0.15, 0.2) is 6.54 Å². The third-order valence-corrected chi connectivity index (χ3v) is 10.4. The topological polar surface area (TPSA) is 33.4 Å². The molecule has 234 valence electrons. The number of fused-ring (bicyclic) bond motifs is 2. The van der Waals surface area contributed by atoms with Crippen molar-refractivity contribution in [2.45, 2.75) is 66.3 Å². The number of anilines is 1. The molecule has 0 atom stereocenters. The fourth-order valence-electron chi connectivity index (χ4n) is 6.41. The summed E-state index contributed by atoms with van der Waals surface area (Å²) >= 11 is 1.74. The molecule has 0 spiro atoms. The lowest BCUT2D eigenvalue weighted by Gasteiger charge is -2.36. The van der Waals surface area contributed by atoms with Crippen molar-refractivity contribution in [3.05, 3.63) is 101 Å². The van der Waals surface area contributed by atoms with Gasteiger partial charge < -0.3 is 14.1 Å². The van der Waals surface area contributed by atoms with Gasteiger partial charge in [-0.25, -0.2) is 0 Å². The van der Waals surface area contributed by atoms with Crippen LogP contribution in [-0.2, 0) is 21.5 Å². The lowest BCUT2D eigenvalue weighted by molar-refractivity contribution is -0.923. The second-order valence-electron chi connectivity index (χ2n) is 12.0. The third kappa shape index (κ3) is 7.59. The smallest absolute Gasteiger partial charge is 0.312 e. The number of nitrogens with zero attached hydrogens (tertiary/aromatic N) is 3. The van der Waals surface area contributed by atoms with Crippen LogP contribution in [0.1, 0.15) is 65.0 Å². The Balaban J connectivity index is 1.47. The van der Waals surface area contributed by atoms with Crippen molar-refractivity contribution < 1.29 is 18.6 Å². The third-order valence-electron chi connectivity index (χ3n) is 9.24. The average molecular weight is 614 g/mol. The summed E-state index contributed by atoms with van der Waals surface area (Å²) in [6.07, 6.45) is 16.5. The van der Waals surface area contributed by atoms with Crippen molar-refractivity contribution in [2.75, 3.05) is 44.2 Å². The van der Waals surface area contributed by atoms with Gasteiger partial charge in [-0.15, -0.1) is 0 Å². The molecule has 0 saturated heterocycles. The highest BCUT2D eigenvalue weighted by Gasteiger charge is 2.39. The molecular formula is C38H51N3O2S+2. The van der Waals surface area contributed by atoms with E-state index in [0.717, 1.165) is 17.1 Å². The van der Waals surface area contributed by atoms with Crippen LogP contribution in [0.5, 0.6) is 0 Å². The lowest BCUT2D eigenvalue weighted by atomic mass is 9.84. The first kappa shape index (κ1) is 33.4. The highest BCUT2D eigenvalue weighted by Crippen LogP contribution is 2.47. The van der Waals surface area contributed by atoms with Gasteiger partial charge in [-0.2, -0.15) is 4.57 Å². The molecule has 5 nitrogen and oxygen atoms in total. The fourth-order valence-corrected chi connectivity index (χ4v) is 7.51. The number of para-hydroxylation sites is 2. The van der Waals surface area contributed by atoms with Crippen molar-refractivity contribution in [3.8, 4) is 0 Å². The molecule has 2 heterocycles. The maximum Gasteiger partial charge on any atom is 0.312 e. The number of hydrogen-bond acceptors (Lipinski definition) is 4. The van der Waals surface area contributed by atoms with Gasteiger partial charge in [0.1, 0.15) is 11.1 Å². The molecule has 0 saturated carbocycles. The molecule has 1 aliphatic rings. The highest BCUT2D eigenvalue weighted by atomic mass is 32.1. The van der Waals surface area contributed by atoms with E-state index in [4.69, 9.17) is 4.74 Å². The summed E-state index contributed by atoms with van der Waals surface area (Å²) in [5.41, 5.74) is 5.20. The van der Waals surface area contributed by atoms with E-state index in [1.54, 1.807) is 11.3 Å². The minimum Gasteiger partial charge on any atom is -0.466 e. The number of aryl methyl sites for hydroxylation is 1. The zero-order chi connectivity index (χ0) is 31.6. The molecule has 0 N–H and O–H groups in total. The maximum atomic E-state index is 12.0. The van der Waals surface area contributed by atoms with Gasteiger partial charge in [0.25, 0.3) is 5.01 Å². The highest BCUT2D eigenvalue weighted by molar-refractivity contribution is 7.18. The summed E-state index contributed by atoms with van der Waals surface area (Å²) in [4.78, 5) is 14.6. The quantitative estimate of drug-likeness (QED) is 0.0750. The van der Waals surface area contributed by atoms with Gasteiger partial charge in [0, 0.05) is 41.9 Å². The molecule has 0 unspecified atom stereocenters. The molecule has 4 rings (SSSR count). The Hall–Kier alpha value is -3.48. The van der Waals surface area contributed by atoms with E-state index in [1.807, 2.05) is 13.0 Å². The number of carbonyl (C=O) groups is 1. The molecule has 1 aromatic heterocycles. The first-order chi connectivity index (χ1) is 21.3. The summed E-state index contributed by atoms with van der Waals surface area (Å²) in [6, 6.07) is 17.2. The number of benzene rings is 2. The number of ether oxygens (including phenoxy) is 1. The predicted octanol–water partition coefficient (Wildman–Crippen LogP) is 8.22. The molecule has 0 aliphatic carbocycles. The average Bonchev–Trinajstić information content (AvgIpc) is 3.49. The van der Waals surface area contributed by atoms with Crippen LogP contribution in [-0.4, -0.2) is 49.8 Å². The second-order valence-corrected chi connectivity index (χ2v) is 13.0. The monoisotopic (exact) mass is 613 g/mol. The lowest BCUT2D eigenvalue weighted by Crippen LogP contribution is -2.48. The number of rotatable bonds is 15. The molecule has 0 amide bonds. The van der Waals surface area contributed by atoms with Gasteiger partial charge in [-0.1, -0.05) is 85.9 Å². The number of carbonyl (C=O) groups excluding carboxylic acids is 1. The first-order valence-corrected chi connectivity index (χ1v) is 17.1. The first-order valence-electron chi connectivity index (χ1n) is 16.3. The number of hydrogen-bond donors (Lipinski definition) is 0. The molecule has 0 radical (unpaired) electrons. The SMILES string of the molecule is CCOC(=O)CC[n+]1c(/C=C/C=C/C=C/C=C2\N(CCC[N+](CC)(CC)CC)c3ccccc3C2(C)C)sc2ccccc21. The maximum absolute atomic E-state index is 12.0. The van der Waals surface area contributed by atoms with Crippen molar-refractivity contribution in [2.24, 2.45) is 0 Å². The van der Waals surface area contributed by atoms with Gasteiger partial charge >= 0.3 is 5.97 Å². The molecule has 6 heteroatoms. The van der Waals surface area contributed by atoms with Gasteiger partial charge in [0.05, 0.1) is 32.8 Å². The van der Waals surface area contributed by atoms with Gasteiger partial charge in [-0.3, -0.25) is 4.79 Å². The number of aromatic nitrogens is 1. The Labute approximate surface area is 269 Å². The predicted molar refractivity (Wildman–Crippen MR) is 187 cm³/mol. The van der Waals surface area contributed by atoms with Crippen LogP contribution in [0, 0.1) is 0 Å². The Kier molecular flexibility index (Phi) is 11.8. The van der Waals surface area contributed by atoms with Crippen molar-refractivity contribution in [3.63, 3.8) is 0 Å². The zero-order valence-electron chi connectivity index (χ0n) is 27.6. The van der Waals surface area contributed by atoms with E-state index in [2.05, 4.69) is 129 Å². The standard InChI is InChI=1S/C38H51N3O2S/c1-7-41(8-2,9-3)30-20-28-39-32-22-17-16-21-31(32)38(5,6)35(39)25-14-12-11-13-15-26-36-40(29-27-37(42)43-10-4)33-23-18-19-24-34(33)44-36/h11-19,21-26H,7-10,20,27-30H2,1-6H3/q+2. The van der Waals surface area contributed by atoms with Crippen LogP contribution in [0.4, 0.5) is 5.69 Å². The number of quaternary nitrogens is 1. The van der Waals surface area contributed by atoms with Crippen LogP contribution in [0.25, 0.3) is 16.3 Å². The van der Waals surface area contributed by atoms with E-state index in [0.29, 0.717) is 19.6 Å². The van der Waals surface area contributed by atoms with Crippen LogP contribution >= 0.6 is 11.3 Å². The molecule has 1 aliphatic heterocycles. The minimum absolute atomic E-state index is 0.0465. The van der Waals surface area contributed by atoms with E-state index in [9.17, 15) is 4.79 Å². The van der Waals surface area contributed by atoms with E-state index in [-0.39, 0.29) is 11.4 Å². The second kappa shape index (κ2) is 15.5. The Morgan fingerprint density at radius 3 is 2.36 bits per heavy atom. The largest absolute Gasteiger partial charge is 0.466 e. The molecule has 3 aromatic rings. The van der Waals surface area contributed by atoms with Crippen molar-refractivity contribution in [1.82, 2.24) is 0 Å². The number of thiazole rings is 1. The Bertz CT molecular complexity index is 1520. The summed E-state index contributed by atoms with van der Waals surface area (Å²) in [6.45, 7) is 20.3. The van der Waals surface area contributed by atoms with E-state index in [1.165, 1.54) is 58.7 Å². The summed E-state index contributed by atoms with van der Waals surface area (Å²) < 4.78 is 9.76. The Morgan fingerprint density at radius 1 is 0.932 bits per heavy atom. The Morgan fingerprint density at radius 2 is 1.61 bits per heavy atom. The summed E-state index contributed by atoms with van der Waals surface area (Å²) in [5, 5.41) is 1.12. The van der Waals surface area contributed by atoms with Crippen LogP contribution in [0.15, 0.2) is 90.7 Å². The molecule has 44 heavy (non-hydrogen) atoms. The van der Waals surface area contributed by atoms with E-state index < -0.39 is 0 Å². The fraction of sp³-hybridized carbons (Fsp3) is 0.421. The van der Waals surface area contributed by atoms with Gasteiger partial charge in [0.2, 0.25) is 5.52 Å². The molecule has 0 bridgehead atoms. The molecule has 2 aromatic carbocycles. The zero-order valence-corrected chi connectivity index (χ0v) is 28.4. The molecular weight excluding hydrogens is 563 g/mol. The van der Waals surface area contributed by atoms with Crippen LogP contribution in [0.2, 0.25) is 0 Å². The number of allylic oxidation sites excluding steroid dienone is 7. The normalized spacial score (nSPS) is 15.9. The van der Waals surface area contributed by atoms with Crippen molar-refractivity contribution >= 4 is 39.3 Å².